The Morgan fingerprint density at radius 3 is 3.15 bits per heavy atom. The lowest BCUT2D eigenvalue weighted by molar-refractivity contribution is -0.114. The SMILES string of the molecule is CCC/C=C/C(=O)C1=CCCCO1. The van der Waals surface area contributed by atoms with Gasteiger partial charge in [0.2, 0.25) is 5.78 Å². The second kappa shape index (κ2) is 5.57. The Balaban J connectivity index is 2.42. The van der Waals surface area contributed by atoms with Crippen LogP contribution in [0.3, 0.4) is 0 Å². The van der Waals surface area contributed by atoms with Crippen LogP contribution < -0.4 is 0 Å². The van der Waals surface area contributed by atoms with Gasteiger partial charge in [0.15, 0.2) is 5.76 Å². The molecule has 0 unspecified atom stereocenters. The first-order chi connectivity index (χ1) is 6.34. The maximum atomic E-state index is 11.4. The van der Waals surface area contributed by atoms with Crippen molar-refractivity contribution >= 4 is 5.78 Å². The quantitative estimate of drug-likeness (QED) is 0.621. The van der Waals surface area contributed by atoms with E-state index in [9.17, 15) is 4.79 Å². The molecule has 0 aromatic rings. The van der Waals surface area contributed by atoms with Gasteiger partial charge in [-0.15, -0.1) is 0 Å². The molecule has 0 saturated heterocycles. The zero-order chi connectivity index (χ0) is 9.52. The fourth-order valence-electron chi connectivity index (χ4n) is 1.17. The summed E-state index contributed by atoms with van der Waals surface area (Å²) in [6, 6.07) is 0. The van der Waals surface area contributed by atoms with Crippen LogP contribution in [0.15, 0.2) is 24.0 Å². The lowest BCUT2D eigenvalue weighted by Gasteiger charge is -2.11. The van der Waals surface area contributed by atoms with E-state index >= 15 is 0 Å². The Hall–Kier alpha value is -1.05. The van der Waals surface area contributed by atoms with Crippen LogP contribution in [0, 0.1) is 0 Å². The average molecular weight is 180 g/mol. The fraction of sp³-hybridized carbons (Fsp3) is 0.545. The second-order valence-electron chi connectivity index (χ2n) is 3.11. The lowest BCUT2D eigenvalue weighted by Crippen LogP contribution is -2.08. The highest BCUT2D eigenvalue weighted by molar-refractivity contribution is 6.02. The molecule has 1 heterocycles. The summed E-state index contributed by atoms with van der Waals surface area (Å²) in [5, 5.41) is 0. The summed E-state index contributed by atoms with van der Waals surface area (Å²) in [7, 11) is 0. The van der Waals surface area contributed by atoms with Crippen LogP contribution in [0.2, 0.25) is 0 Å². The first-order valence-electron chi connectivity index (χ1n) is 4.88. The highest BCUT2D eigenvalue weighted by atomic mass is 16.5. The molecular weight excluding hydrogens is 164 g/mol. The van der Waals surface area contributed by atoms with Gasteiger partial charge in [-0.3, -0.25) is 4.79 Å². The minimum absolute atomic E-state index is 0.00755. The van der Waals surface area contributed by atoms with Gasteiger partial charge in [0, 0.05) is 0 Å². The summed E-state index contributed by atoms with van der Waals surface area (Å²) in [5.41, 5.74) is 0. The van der Waals surface area contributed by atoms with E-state index in [4.69, 9.17) is 4.74 Å². The van der Waals surface area contributed by atoms with Crippen molar-refractivity contribution in [2.75, 3.05) is 6.61 Å². The molecule has 0 bridgehead atoms. The van der Waals surface area contributed by atoms with Crippen LogP contribution in [0.4, 0.5) is 0 Å². The smallest absolute Gasteiger partial charge is 0.219 e. The standard InChI is InChI=1S/C11H16O2/c1-2-3-4-7-10(12)11-8-5-6-9-13-11/h4,7-8H,2-3,5-6,9H2,1H3/b7-4+. The van der Waals surface area contributed by atoms with Gasteiger partial charge in [-0.05, 0) is 31.4 Å². The molecule has 0 N–H and O–H groups in total. The van der Waals surface area contributed by atoms with Crippen molar-refractivity contribution in [3.05, 3.63) is 24.0 Å². The molecule has 2 nitrogen and oxygen atoms in total. The molecule has 0 atom stereocenters. The summed E-state index contributed by atoms with van der Waals surface area (Å²) < 4.78 is 5.23. The summed E-state index contributed by atoms with van der Waals surface area (Å²) in [5.74, 6) is 0.534. The summed E-state index contributed by atoms with van der Waals surface area (Å²) in [6.07, 6.45) is 9.41. The normalized spacial score (nSPS) is 16.8. The monoisotopic (exact) mass is 180 g/mol. The van der Waals surface area contributed by atoms with Crippen molar-refractivity contribution in [1.29, 1.82) is 0 Å². The summed E-state index contributed by atoms with van der Waals surface area (Å²) in [4.78, 5) is 11.4. The van der Waals surface area contributed by atoms with Crippen LogP contribution in [0.1, 0.15) is 32.6 Å². The maximum Gasteiger partial charge on any atom is 0.219 e. The van der Waals surface area contributed by atoms with Gasteiger partial charge >= 0.3 is 0 Å². The average Bonchev–Trinajstić information content (AvgIpc) is 2.19. The second-order valence-corrected chi connectivity index (χ2v) is 3.11. The topological polar surface area (TPSA) is 26.3 Å². The Morgan fingerprint density at radius 2 is 2.54 bits per heavy atom. The van der Waals surface area contributed by atoms with Gasteiger partial charge in [-0.1, -0.05) is 19.4 Å². The van der Waals surface area contributed by atoms with Crippen LogP contribution in [-0.2, 0) is 9.53 Å². The fourth-order valence-corrected chi connectivity index (χ4v) is 1.17. The number of allylic oxidation sites excluding steroid dienone is 3. The number of carbonyl (C=O) groups excluding carboxylic acids is 1. The molecule has 72 valence electrons. The molecule has 1 aliphatic heterocycles. The zero-order valence-corrected chi connectivity index (χ0v) is 8.08. The zero-order valence-electron chi connectivity index (χ0n) is 8.08. The molecule has 0 spiro atoms. The van der Waals surface area contributed by atoms with E-state index in [-0.39, 0.29) is 5.78 Å². The van der Waals surface area contributed by atoms with Crippen molar-refractivity contribution in [2.45, 2.75) is 32.6 Å². The van der Waals surface area contributed by atoms with E-state index < -0.39 is 0 Å². The third-order valence-corrected chi connectivity index (χ3v) is 1.90. The van der Waals surface area contributed by atoms with E-state index in [1.807, 2.05) is 12.2 Å². The Bertz CT molecular complexity index is 226. The van der Waals surface area contributed by atoms with Crippen molar-refractivity contribution in [1.82, 2.24) is 0 Å². The highest BCUT2D eigenvalue weighted by Gasteiger charge is 2.09. The van der Waals surface area contributed by atoms with Crippen molar-refractivity contribution < 1.29 is 9.53 Å². The molecule has 13 heavy (non-hydrogen) atoms. The molecule has 0 radical (unpaired) electrons. The van der Waals surface area contributed by atoms with Crippen LogP contribution in [0.25, 0.3) is 0 Å². The molecule has 0 aromatic heterocycles. The van der Waals surface area contributed by atoms with Crippen LogP contribution in [-0.4, -0.2) is 12.4 Å². The van der Waals surface area contributed by atoms with Crippen molar-refractivity contribution in [2.24, 2.45) is 0 Å². The van der Waals surface area contributed by atoms with Gasteiger partial charge in [0.1, 0.15) is 0 Å². The van der Waals surface area contributed by atoms with Gasteiger partial charge in [0.05, 0.1) is 6.61 Å². The number of rotatable bonds is 4. The largest absolute Gasteiger partial charge is 0.490 e. The van der Waals surface area contributed by atoms with Gasteiger partial charge in [-0.2, -0.15) is 0 Å². The predicted octanol–water partition coefficient (Wildman–Crippen LogP) is 2.61. The van der Waals surface area contributed by atoms with E-state index in [2.05, 4.69) is 6.92 Å². The minimum Gasteiger partial charge on any atom is -0.490 e. The predicted molar refractivity (Wildman–Crippen MR) is 52.3 cm³/mol. The van der Waals surface area contributed by atoms with Gasteiger partial charge in [0.25, 0.3) is 0 Å². The highest BCUT2D eigenvalue weighted by Crippen LogP contribution is 2.11. The Kier molecular flexibility index (Phi) is 4.30. The molecule has 0 aliphatic carbocycles. The Morgan fingerprint density at radius 1 is 1.69 bits per heavy atom. The van der Waals surface area contributed by atoms with Crippen LogP contribution in [0.5, 0.6) is 0 Å². The van der Waals surface area contributed by atoms with E-state index in [0.717, 1.165) is 25.7 Å². The van der Waals surface area contributed by atoms with Gasteiger partial charge in [-0.25, -0.2) is 0 Å². The first kappa shape index (κ1) is 10.0. The van der Waals surface area contributed by atoms with Crippen molar-refractivity contribution in [3.8, 4) is 0 Å². The molecule has 0 aromatic carbocycles. The molecule has 0 amide bonds. The molecule has 0 saturated carbocycles. The summed E-state index contributed by atoms with van der Waals surface area (Å²) >= 11 is 0. The first-order valence-corrected chi connectivity index (χ1v) is 4.88. The third kappa shape index (κ3) is 3.45. The third-order valence-electron chi connectivity index (χ3n) is 1.90. The molecular formula is C11H16O2. The number of carbonyl (C=O) groups is 1. The minimum atomic E-state index is 0.00755. The van der Waals surface area contributed by atoms with Gasteiger partial charge < -0.3 is 4.74 Å². The molecule has 1 rings (SSSR count). The van der Waals surface area contributed by atoms with E-state index in [0.29, 0.717) is 12.4 Å². The summed E-state index contributed by atoms with van der Waals surface area (Å²) in [6.45, 7) is 2.77. The molecule has 2 heteroatoms. The maximum absolute atomic E-state index is 11.4. The molecule has 0 fully saturated rings. The molecule has 1 aliphatic rings. The van der Waals surface area contributed by atoms with Crippen molar-refractivity contribution in [3.63, 3.8) is 0 Å². The van der Waals surface area contributed by atoms with E-state index in [1.54, 1.807) is 6.08 Å². The lowest BCUT2D eigenvalue weighted by atomic mass is 10.2. The number of hydrogen-bond donors (Lipinski definition) is 0. The number of ether oxygens (including phenoxy) is 1. The van der Waals surface area contributed by atoms with Crippen LogP contribution >= 0.6 is 0 Å². The Labute approximate surface area is 79.3 Å². The number of ketones is 1. The number of hydrogen-bond acceptors (Lipinski definition) is 2. The number of unbranched alkanes of at least 4 members (excludes halogenated alkanes) is 1. The van der Waals surface area contributed by atoms with E-state index in [1.165, 1.54) is 0 Å².